The third kappa shape index (κ3) is 4.67. The van der Waals surface area contributed by atoms with E-state index in [-0.39, 0.29) is 23.9 Å². The number of hydrogen-bond donors (Lipinski definition) is 2. The van der Waals surface area contributed by atoms with Gasteiger partial charge in [0.15, 0.2) is 11.5 Å². The van der Waals surface area contributed by atoms with Crippen molar-refractivity contribution in [2.24, 2.45) is 0 Å². The molecule has 1 aliphatic heterocycles. The maximum atomic E-state index is 14.4. The van der Waals surface area contributed by atoms with Crippen molar-refractivity contribution in [3.63, 3.8) is 0 Å². The molecule has 1 aliphatic rings. The van der Waals surface area contributed by atoms with Gasteiger partial charge in [-0.1, -0.05) is 18.2 Å². The van der Waals surface area contributed by atoms with Crippen LogP contribution in [0.2, 0.25) is 0 Å². The number of benzene rings is 2. The molecule has 0 aliphatic carbocycles. The molecule has 1 heterocycles. The van der Waals surface area contributed by atoms with Gasteiger partial charge in [0, 0.05) is 31.2 Å². The van der Waals surface area contributed by atoms with E-state index in [1.165, 1.54) is 6.07 Å². The first-order chi connectivity index (χ1) is 14.5. The molecule has 2 atom stereocenters. The topological polar surface area (TPSA) is 62.8 Å². The van der Waals surface area contributed by atoms with Crippen LogP contribution in [0.4, 0.5) is 9.18 Å². The molecule has 7 heteroatoms. The lowest BCUT2D eigenvalue weighted by Gasteiger charge is -2.41. The number of nitrogens with zero attached hydrogens (tertiary/aromatic N) is 1. The van der Waals surface area contributed by atoms with E-state index in [4.69, 9.17) is 9.47 Å². The van der Waals surface area contributed by atoms with Gasteiger partial charge in [-0.15, -0.1) is 0 Å². The van der Waals surface area contributed by atoms with Gasteiger partial charge in [-0.25, -0.2) is 9.18 Å². The van der Waals surface area contributed by atoms with Crippen molar-refractivity contribution >= 4 is 6.03 Å². The van der Waals surface area contributed by atoms with Crippen molar-refractivity contribution in [2.45, 2.75) is 38.9 Å². The predicted molar refractivity (Wildman–Crippen MR) is 114 cm³/mol. The highest BCUT2D eigenvalue weighted by Gasteiger charge is 2.34. The third-order valence-electron chi connectivity index (χ3n) is 5.53. The number of fused-ring (bicyclic) bond motifs is 1. The van der Waals surface area contributed by atoms with Crippen LogP contribution < -0.4 is 20.1 Å². The number of methoxy groups -OCH3 is 2. The molecular weight excluding hydrogens is 385 g/mol. The second-order valence-corrected chi connectivity index (χ2v) is 7.46. The molecule has 0 unspecified atom stereocenters. The van der Waals surface area contributed by atoms with Crippen LogP contribution in [0.3, 0.4) is 0 Å². The van der Waals surface area contributed by atoms with Gasteiger partial charge < -0.3 is 20.1 Å². The fourth-order valence-electron chi connectivity index (χ4n) is 4.13. The van der Waals surface area contributed by atoms with Gasteiger partial charge in [-0.3, -0.25) is 4.90 Å². The summed E-state index contributed by atoms with van der Waals surface area (Å²) in [6.45, 7) is 5.58. The number of halogens is 1. The molecule has 6 nitrogen and oxygen atoms in total. The average molecular weight is 416 g/mol. The number of urea groups is 1. The minimum absolute atomic E-state index is 0.143. The van der Waals surface area contributed by atoms with Crippen LogP contribution in [0.1, 0.15) is 36.6 Å². The molecule has 0 saturated carbocycles. The number of carbonyl (C=O) groups is 1. The van der Waals surface area contributed by atoms with Gasteiger partial charge in [0.25, 0.3) is 0 Å². The summed E-state index contributed by atoms with van der Waals surface area (Å²) in [5, 5.41) is 5.81. The Kier molecular flexibility index (Phi) is 7.15. The van der Waals surface area contributed by atoms with E-state index in [2.05, 4.69) is 15.5 Å². The van der Waals surface area contributed by atoms with Crippen molar-refractivity contribution in [1.29, 1.82) is 0 Å². The number of carbonyl (C=O) groups excluding carboxylic acids is 1. The van der Waals surface area contributed by atoms with Gasteiger partial charge >= 0.3 is 6.03 Å². The lowest BCUT2D eigenvalue weighted by Crippen LogP contribution is -2.49. The summed E-state index contributed by atoms with van der Waals surface area (Å²) in [6.07, 6.45) is 0.800. The summed E-state index contributed by atoms with van der Waals surface area (Å²) in [4.78, 5) is 14.4. The van der Waals surface area contributed by atoms with Crippen LogP contribution in [0.15, 0.2) is 36.4 Å². The molecule has 162 valence electrons. The van der Waals surface area contributed by atoms with Gasteiger partial charge in [-0.2, -0.15) is 0 Å². The molecule has 0 bridgehead atoms. The van der Waals surface area contributed by atoms with E-state index < -0.39 is 0 Å². The fraction of sp³-hybridized carbons (Fsp3) is 0.435. The van der Waals surface area contributed by atoms with E-state index in [9.17, 15) is 9.18 Å². The van der Waals surface area contributed by atoms with Crippen molar-refractivity contribution in [3.05, 3.63) is 58.9 Å². The quantitative estimate of drug-likeness (QED) is 0.725. The van der Waals surface area contributed by atoms with Crippen LogP contribution >= 0.6 is 0 Å². The number of amides is 2. The summed E-state index contributed by atoms with van der Waals surface area (Å²) in [7, 11) is 3.23. The summed E-state index contributed by atoms with van der Waals surface area (Å²) in [5.74, 6) is 1.10. The monoisotopic (exact) mass is 415 g/mol. The van der Waals surface area contributed by atoms with E-state index in [1.54, 1.807) is 26.4 Å². The number of rotatable bonds is 7. The van der Waals surface area contributed by atoms with Crippen molar-refractivity contribution in [1.82, 2.24) is 15.5 Å². The maximum absolute atomic E-state index is 14.4. The Bertz CT molecular complexity index is 890. The Morgan fingerprint density at radius 3 is 2.60 bits per heavy atom. The lowest BCUT2D eigenvalue weighted by molar-refractivity contribution is 0.141. The Morgan fingerprint density at radius 2 is 1.93 bits per heavy atom. The highest BCUT2D eigenvalue weighted by molar-refractivity contribution is 5.74. The van der Waals surface area contributed by atoms with Gasteiger partial charge in [0.05, 0.1) is 20.3 Å². The van der Waals surface area contributed by atoms with E-state index >= 15 is 0 Å². The molecule has 2 aromatic carbocycles. The van der Waals surface area contributed by atoms with E-state index in [1.807, 2.05) is 32.0 Å². The van der Waals surface area contributed by atoms with Crippen LogP contribution in [0.25, 0.3) is 0 Å². The number of hydrogen-bond acceptors (Lipinski definition) is 4. The molecule has 0 fully saturated rings. The lowest BCUT2D eigenvalue weighted by atomic mass is 9.87. The number of ether oxygens (including phenoxy) is 2. The molecule has 2 aromatic rings. The van der Waals surface area contributed by atoms with Crippen LogP contribution in [-0.4, -0.2) is 44.3 Å². The third-order valence-corrected chi connectivity index (χ3v) is 5.53. The normalized spacial score (nSPS) is 17.0. The Labute approximate surface area is 177 Å². The summed E-state index contributed by atoms with van der Waals surface area (Å²) in [5.41, 5.74) is 2.84. The SMILES string of the molecule is CCNC(=O)N[C@@H](C)[C@@H]1c2cc(OC)c(OC)cc2CCN1Cc1ccccc1F. The van der Waals surface area contributed by atoms with Gasteiger partial charge in [-0.05, 0) is 49.6 Å². The van der Waals surface area contributed by atoms with Crippen molar-refractivity contribution in [2.75, 3.05) is 27.3 Å². The minimum Gasteiger partial charge on any atom is -0.493 e. The Hall–Kier alpha value is -2.80. The summed E-state index contributed by atoms with van der Waals surface area (Å²) >= 11 is 0. The smallest absolute Gasteiger partial charge is 0.315 e. The molecule has 30 heavy (non-hydrogen) atoms. The second kappa shape index (κ2) is 9.80. The summed E-state index contributed by atoms with van der Waals surface area (Å²) in [6, 6.07) is 10.2. The molecule has 0 aromatic heterocycles. The maximum Gasteiger partial charge on any atom is 0.315 e. The highest BCUT2D eigenvalue weighted by Crippen LogP contribution is 2.40. The molecule has 0 spiro atoms. The molecule has 2 amide bonds. The zero-order valence-corrected chi connectivity index (χ0v) is 18.0. The van der Waals surface area contributed by atoms with Crippen LogP contribution in [0, 0.1) is 5.82 Å². The largest absolute Gasteiger partial charge is 0.493 e. The standard InChI is InChI=1S/C23H30FN3O3/c1-5-25-23(28)26-15(2)22-18-13-21(30-4)20(29-3)12-16(18)10-11-27(22)14-17-8-6-7-9-19(17)24/h6-9,12-13,15,22H,5,10-11,14H2,1-4H3,(H2,25,26,28)/t15-,22+/m0/s1. The van der Waals surface area contributed by atoms with Crippen LogP contribution in [0.5, 0.6) is 11.5 Å². The fourth-order valence-corrected chi connectivity index (χ4v) is 4.13. The Morgan fingerprint density at radius 1 is 1.23 bits per heavy atom. The first-order valence-corrected chi connectivity index (χ1v) is 10.2. The highest BCUT2D eigenvalue weighted by atomic mass is 19.1. The summed E-state index contributed by atoms with van der Waals surface area (Å²) < 4.78 is 25.3. The van der Waals surface area contributed by atoms with E-state index in [0.29, 0.717) is 30.2 Å². The second-order valence-electron chi connectivity index (χ2n) is 7.46. The molecule has 2 N–H and O–H groups in total. The zero-order chi connectivity index (χ0) is 21.7. The van der Waals surface area contributed by atoms with Gasteiger partial charge in [0.2, 0.25) is 0 Å². The van der Waals surface area contributed by atoms with Crippen LogP contribution in [-0.2, 0) is 13.0 Å². The van der Waals surface area contributed by atoms with Crippen molar-refractivity contribution in [3.8, 4) is 11.5 Å². The zero-order valence-electron chi connectivity index (χ0n) is 18.0. The first kappa shape index (κ1) is 21.9. The van der Waals surface area contributed by atoms with Gasteiger partial charge in [0.1, 0.15) is 5.82 Å². The molecule has 0 saturated heterocycles. The molecule has 0 radical (unpaired) electrons. The molecular formula is C23H30FN3O3. The minimum atomic E-state index is -0.223. The Balaban J connectivity index is 1.99. The average Bonchev–Trinajstić information content (AvgIpc) is 2.74. The first-order valence-electron chi connectivity index (χ1n) is 10.2. The predicted octanol–water partition coefficient (Wildman–Crippen LogP) is 3.65. The van der Waals surface area contributed by atoms with E-state index in [0.717, 1.165) is 24.1 Å². The molecule has 3 rings (SSSR count). The van der Waals surface area contributed by atoms with Crippen molar-refractivity contribution < 1.29 is 18.7 Å². The number of nitrogens with one attached hydrogen (secondary N) is 2.